The molecule has 4 aromatic heterocycles. The highest BCUT2D eigenvalue weighted by molar-refractivity contribution is 7.17. The number of hydrogen-bond acceptors (Lipinski definition) is 10. The van der Waals surface area contributed by atoms with Crippen molar-refractivity contribution in [3.05, 3.63) is 54.7 Å². The predicted octanol–water partition coefficient (Wildman–Crippen LogP) is 6.61. The number of aromatic nitrogens is 2. The van der Waals surface area contributed by atoms with E-state index in [2.05, 4.69) is 22.5 Å². The van der Waals surface area contributed by atoms with Crippen molar-refractivity contribution in [2.45, 2.75) is 84.5 Å². The van der Waals surface area contributed by atoms with Gasteiger partial charge in [-0.05, 0) is 127 Å². The lowest BCUT2D eigenvalue weighted by atomic mass is 9.96. The van der Waals surface area contributed by atoms with Crippen molar-refractivity contribution in [1.29, 1.82) is 0 Å². The fourth-order valence-electron chi connectivity index (χ4n) is 7.88. The van der Waals surface area contributed by atoms with Gasteiger partial charge in [0.15, 0.2) is 0 Å². The van der Waals surface area contributed by atoms with Gasteiger partial charge in [-0.25, -0.2) is 0 Å². The predicted molar refractivity (Wildman–Crippen MR) is 218 cm³/mol. The Bertz CT molecular complexity index is 2160. The molecule has 2 fully saturated rings. The highest BCUT2D eigenvalue weighted by Gasteiger charge is 2.41. The van der Waals surface area contributed by atoms with Crippen molar-refractivity contribution in [2.24, 2.45) is 11.8 Å². The van der Waals surface area contributed by atoms with Crippen LogP contribution in [0, 0.1) is 11.8 Å². The van der Waals surface area contributed by atoms with Gasteiger partial charge in [-0.1, -0.05) is 6.92 Å². The molecule has 2 saturated heterocycles. The number of carbonyl (C=O) groups excluding carboxylic acids is 2. The number of thiophene rings is 2. The number of fused-ring (bicyclic) bond motifs is 2. The Morgan fingerprint density at radius 2 is 1.33 bits per heavy atom. The van der Waals surface area contributed by atoms with E-state index in [1.54, 1.807) is 34.4 Å². The third-order valence-corrected chi connectivity index (χ3v) is 13.1. The molecule has 3 N–H and O–H groups in total. The van der Waals surface area contributed by atoms with E-state index in [0.29, 0.717) is 59.5 Å². The molecule has 4 aromatic rings. The number of hydrogen-bond donors (Lipinski definition) is 3. The van der Waals surface area contributed by atoms with E-state index < -0.39 is 41.1 Å². The zero-order chi connectivity index (χ0) is 41.0. The third kappa shape index (κ3) is 9.52. The lowest BCUT2D eigenvalue weighted by molar-refractivity contribution is -0.185. The van der Waals surface area contributed by atoms with Gasteiger partial charge >= 0.3 is 6.18 Å². The topological polar surface area (TPSA) is 138 Å². The molecule has 0 bridgehead atoms. The molecule has 0 aromatic carbocycles. The number of carbonyl (C=O) groups is 2. The van der Waals surface area contributed by atoms with Crippen molar-refractivity contribution in [1.82, 2.24) is 29.6 Å². The molecule has 0 saturated carbocycles. The molecule has 0 spiro atoms. The third-order valence-electron chi connectivity index (χ3n) is 11.2. The van der Waals surface area contributed by atoms with Gasteiger partial charge in [0, 0.05) is 19.1 Å². The van der Waals surface area contributed by atoms with Crippen LogP contribution in [0.5, 0.6) is 11.5 Å². The second kappa shape index (κ2) is 18.3. The summed E-state index contributed by atoms with van der Waals surface area (Å²) in [4.78, 5) is 60.8. The molecule has 12 nitrogen and oxygen atoms in total. The van der Waals surface area contributed by atoms with Crippen LogP contribution in [0.1, 0.15) is 99.0 Å². The molecule has 2 amide bonds. The summed E-state index contributed by atoms with van der Waals surface area (Å²) in [7, 11) is 0. The highest BCUT2D eigenvalue weighted by Crippen LogP contribution is 2.36. The Balaban J connectivity index is 1.18. The van der Waals surface area contributed by atoms with Gasteiger partial charge in [-0.3, -0.25) is 28.3 Å². The number of nitrogens with one attached hydrogen (secondary N) is 2. The van der Waals surface area contributed by atoms with Gasteiger partial charge in [-0.2, -0.15) is 13.2 Å². The molecular weight excluding hydrogens is 782 g/mol. The number of pyridine rings is 2. The molecule has 57 heavy (non-hydrogen) atoms. The van der Waals surface area contributed by atoms with Crippen LogP contribution in [-0.2, 0) is 0 Å². The first kappa shape index (κ1) is 42.7. The van der Waals surface area contributed by atoms with Gasteiger partial charge in [0.2, 0.25) is 0 Å². The number of likely N-dealkylation sites (tertiary alicyclic amines) is 2. The minimum Gasteiger partial charge on any atom is -0.506 e. The maximum Gasteiger partial charge on any atom is 0.391 e. The van der Waals surface area contributed by atoms with E-state index in [4.69, 9.17) is 4.74 Å². The lowest BCUT2D eigenvalue weighted by Gasteiger charge is -2.32. The number of aromatic hydroxyl groups is 1. The normalized spacial score (nSPS) is 17.1. The van der Waals surface area contributed by atoms with Crippen LogP contribution >= 0.6 is 22.7 Å². The van der Waals surface area contributed by atoms with Crippen LogP contribution < -0.4 is 26.5 Å². The molecule has 6 heterocycles. The van der Waals surface area contributed by atoms with E-state index in [1.807, 2.05) is 18.7 Å². The molecule has 0 radical (unpaired) electrons. The van der Waals surface area contributed by atoms with Crippen molar-refractivity contribution in [2.75, 3.05) is 59.0 Å². The van der Waals surface area contributed by atoms with Crippen molar-refractivity contribution in [3.8, 4) is 11.5 Å². The largest absolute Gasteiger partial charge is 0.506 e. The summed E-state index contributed by atoms with van der Waals surface area (Å²) in [6.45, 7) is 12.1. The average Bonchev–Trinajstić information content (AvgIpc) is 3.85. The second-order valence-corrected chi connectivity index (χ2v) is 17.5. The number of piperidine rings is 2. The van der Waals surface area contributed by atoms with Crippen LogP contribution in [0.4, 0.5) is 13.2 Å². The first-order chi connectivity index (χ1) is 27.2. The quantitative estimate of drug-likeness (QED) is 0.114. The number of halogens is 3. The lowest BCUT2D eigenvalue weighted by Crippen LogP contribution is -2.40. The van der Waals surface area contributed by atoms with Gasteiger partial charge < -0.3 is 30.3 Å². The zero-order valence-electron chi connectivity index (χ0n) is 33.0. The van der Waals surface area contributed by atoms with Crippen molar-refractivity contribution < 1.29 is 32.6 Å². The second-order valence-electron chi connectivity index (χ2n) is 15.7. The molecular formula is C40H53F3N6O6S2. The summed E-state index contributed by atoms with van der Waals surface area (Å²) in [5.41, 5.74) is -1.77. The van der Waals surface area contributed by atoms with Crippen LogP contribution in [0.15, 0.2) is 32.5 Å². The maximum atomic E-state index is 14.1. The van der Waals surface area contributed by atoms with E-state index in [-0.39, 0.29) is 54.7 Å². The minimum atomic E-state index is -4.19. The van der Waals surface area contributed by atoms with Crippen molar-refractivity contribution >= 4 is 54.9 Å². The Labute approximate surface area is 337 Å². The van der Waals surface area contributed by atoms with Gasteiger partial charge in [0.25, 0.3) is 22.9 Å². The Morgan fingerprint density at radius 1 is 0.825 bits per heavy atom. The summed E-state index contributed by atoms with van der Waals surface area (Å²) in [5.74, 6) is -2.19. The fraction of sp³-hybridized carbons (Fsp3) is 0.600. The highest BCUT2D eigenvalue weighted by atomic mass is 32.1. The number of nitrogens with zero attached hydrogens (tertiary/aromatic N) is 4. The average molecular weight is 835 g/mol. The summed E-state index contributed by atoms with van der Waals surface area (Å²) in [6, 6.07) is 2.45. The van der Waals surface area contributed by atoms with Crippen molar-refractivity contribution in [3.63, 3.8) is 0 Å². The molecule has 312 valence electrons. The molecule has 6 rings (SSSR count). The smallest absolute Gasteiger partial charge is 0.391 e. The van der Waals surface area contributed by atoms with Crippen LogP contribution in [0.2, 0.25) is 0 Å². The molecule has 17 heteroatoms. The van der Waals surface area contributed by atoms with E-state index in [1.165, 1.54) is 27.2 Å². The van der Waals surface area contributed by atoms with Gasteiger partial charge in [-0.15, -0.1) is 22.7 Å². The maximum absolute atomic E-state index is 14.1. The molecule has 2 aliphatic rings. The van der Waals surface area contributed by atoms with Gasteiger partial charge in [0.1, 0.15) is 38.9 Å². The standard InChI is InChI=1S/C40H53F3N6O6S2/c1-24(2)48-37(54)31(35(52)45-14-6-16-47-19-9-27(10-20-47)40(41,42)43)33(29-12-22-57-39(29)48)55-23-26(4)49-36(53)30(32(50)28-11-21-56-38(28)49)34(51)44-13-5-15-46-17-7-25(3)8-18-46/h11-12,21-22,24-27,50H,5-10,13-20,23H2,1-4H3,(H,44,51)(H,45,52). The monoisotopic (exact) mass is 834 g/mol. The van der Waals surface area contributed by atoms with Crippen LogP contribution in [0.3, 0.4) is 0 Å². The summed E-state index contributed by atoms with van der Waals surface area (Å²) in [6.07, 6.45) is -0.621. The number of amides is 2. The summed E-state index contributed by atoms with van der Waals surface area (Å²) in [5, 5.41) is 21.2. The van der Waals surface area contributed by atoms with E-state index in [9.17, 15) is 37.5 Å². The fourth-order valence-corrected chi connectivity index (χ4v) is 9.91. The minimum absolute atomic E-state index is 0.0473. The molecule has 1 unspecified atom stereocenters. The number of rotatable bonds is 15. The SMILES string of the molecule is CC1CCN(CCCNC(=O)c2c(O)c3ccsc3n(C(C)COc3c(C(=O)NCCCN4CCC(C(F)(F)F)CC4)c(=O)n(C(C)C)c4sccc34)c2=O)CC1. The number of ether oxygens (including phenoxy) is 1. The zero-order valence-corrected chi connectivity index (χ0v) is 34.6. The van der Waals surface area contributed by atoms with E-state index in [0.717, 1.165) is 38.4 Å². The Morgan fingerprint density at radius 3 is 1.89 bits per heavy atom. The summed E-state index contributed by atoms with van der Waals surface area (Å²) < 4.78 is 48.7. The van der Waals surface area contributed by atoms with E-state index >= 15 is 0 Å². The Kier molecular flexibility index (Phi) is 13.7. The first-order valence-electron chi connectivity index (χ1n) is 19.9. The molecule has 2 aliphatic heterocycles. The first-order valence-corrected chi connectivity index (χ1v) is 21.6. The summed E-state index contributed by atoms with van der Waals surface area (Å²) >= 11 is 2.57. The van der Waals surface area contributed by atoms with Crippen LogP contribution in [-0.4, -0.2) is 101 Å². The van der Waals surface area contributed by atoms with Crippen LogP contribution in [0.25, 0.3) is 20.4 Å². The number of alkyl halides is 3. The molecule has 1 atom stereocenters. The van der Waals surface area contributed by atoms with Gasteiger partial charge in [0.05, 0.1) is 22.7 Å². The Hall–Kier alpha value is -3.93. The molecule has 0 aliphatic carbocycles.